The van der Waals surface area contributed by atoms with Gasteiger partial charge >= 0.3 is 5.97 Å². The van der Waals surface area contributed by atoms with Gasteiger partial charge in [0.2, 0.25) is 0 Å². The molecule has 0 saturated heterocycles. The van der Waals surface area contributed by atoms with E-state index in [1.54, 1.807) is 36.4 Å². The zero-order valence-electron chi connectivity index (χ0n) is 18.7. The Bertz CT molecular complexity index is 1310. The van der Waals surface area contributed by atoms with E-state index in [2.05, 4.69) is 25.1 Å². The second-order valence-corrected chi connectivity index (χ2v) is 7.81. The number of benzene rings is 4. The first-order valence-electron chi connectivity index (χ1n) is 10.9. The normalized spacial score (nSPS) is 10.5. The third kappa shape index (κ3) is 5.15. The summed E-state index contributed by atoms with van der Waals surface area (Å²) in [4.78, 5) is 22.9. The lowest BCUT2D eigenvalue weighted by Crippen LogP contribution is -2.06. The first-order chi connectivity index (χ1) is 16.6. The number of hydrogen-bond donors (Lipinski definition) is 1. The van der Waals surface area contributed by atoms with Crippen LogP contribution in [0.15, 0.2) is 91.0 Å². The van der Waals surface area contributed by atoms with Crippen LogP contribution in [-0.2, 0) is 13.2 Å². The lowest BCUT2D eigenvalue weighted by molar-refractivity contribution is 0.0693. The molecule has 0 saturated carbocycles. The molecule has 4 aromatic carbocycles. The highest BCUT2D eigenvalue weighted by Gasteiger charge is 2.12. The summed E-state index contributed by atoms with van der Waals surface area (Å²) in [6.45, 7) is 2.45. The molecule has 0 bridgehead atoms. The summed E-state index contributed by atoms with van der Waals surface area (Å²) in [5.74, 6) is -0.140. The van der Waals surface area contributed by atoms with Crippen molar-refractivity contribution >= 4 is 12.3 Å². The third-order valence-corrected chi connectivity index (χ3v) is 5.67. The average Bonchev–Trinajstić information content (AvgIpc) is 2.87. The van der Waals surface area contributed by atoms with Gasteiger partial charge in [0.05, 0.1) is 11.1 Å². The molecule has 0 aliphatic heterocycles. The van der Waals surface area contributed by atoms with Crippen LogP contribution in [0.4, 0.5) is 0 Å². The van der Waals surface area contributed by atoms with Gasteiger partial charge in [-0.3, -0.25) is 4.79 Å². The Kier molecular flexibility index (Phi) is 7.04. The molecule has 1 N–H and O–H groups in total. The predicted octanol–water partition coefficient (Wildman–Crippen LogP) is 6.33. The van der Waals surface area contributed by atoms with Crippen LogP contribution < -0.4 is 9.47 Å². The van der Waals surface area contributed by atoms with Crippen LogP contribution in [0.25, 0.3) is 11.1 Å². The molecule has 4 rings (SSSR count). The van der Waals surface area contributed by atoms with Crippen LogP contribution >= 0.6 is 0 Å². The van der Waals surface area contributed by atoms with Gasteiger partial charge in [-0.25, -0.2) is 4.79 Å². The molecule has 0 spiro atoms. The summed E-state index contributed by atoms with van der Waals surface area (Å²) in [7, 11) is 0. The predicted molar refractivity (Wildman–Crippen MR) is 131 cm³/mol. The lowest BCUT2D eigenvalue weighted by Gasteiger charge is -2.15. The quantitative estimate of drug-likeness (QED) is 0.300. The third-order valence-electron chi connectivity index (χ3n) is 5.67. The second kappa shape index (κ2) is 10.5. The fourth-order valence-electron chi connectivity index (χ4n) is 3.77. The van der Waals surface area contributed by atoms with Crippen molar-refractivity contribution in [1.82, 2.24) is 0 Å². The fraction of sp³-hybridized carbons (Fsp3) is 0.103. The number of rotatable bonds is 9. The van der Waals surface area contributed by atoms with Gasteiger partial charge in [-0.2, -0.15) is 0 Å². The number of hydrogen-bond acceptors (Lipinski definition) is 4. The number of carbonyl (C=O) groups is 2. The van der Waals surface area contributed by atoms with E-state index in [0.717, 1.165) is 22.3 Å². The van der Waals surface area contributed by atoms with E-state index in [9.17, 15) is 14.7 Å². The molecule has 34 heavy (non-hydrogen) atoms. The summed E-state index contributed by atoms with van der Waals surface area (Å²) >= 11 is 0. The maximum atomic E-state index is 11.5. The SMILES string of the molecule is Cc1c(COc2ccc(C=O)c(OCc3ccccc3C(=O)O)c2)cccc1-c1ccccc1. The van der Waals surface area contributed by atoms with Gasteiger partial charge < -0.3 is 14.6 Å². The highest BCUT2D eigenvalue weighted by atomic mass is 16.5. The first kappa shape index (κ1) is 22.8. The van der Waals surface area contributed by atoms with E-state index in [1.165, 1.54) is 6.07 Å². The molecule has 170 valence electrons. The topological polar surface area (TPSA) is 72.8 Å². The molecule has 5 heteroatoms. The lowest BCUT2D eigenvalue weighted by atomic mass is 9.97. The second-order valence-electron chi connectivity index (χ2n) is 7.81. The maximum Gasteiger partial charge on any atom is 0.336 e. The Morgan fingerprint density at radius 3 is 2.29 bits per heavy atom. The standard InChI is InChI=1S/C29H24O5/c1-20-23(11-7-13-26(20)21-8-3-2-4-9-21)18-33-25-15-14-22(17-30)28(16-25)34-19-24-10-5-6-12-27(24)29(31)32/h2-17H,18-19H2,1H3,(H,31,32). The number of ether oxygens (including phenoxy) is 2. The first-order valence-corrected chi connectivity index (χ1v) is 10.9. The number of aldehydes is 1. The van der Waals surface area contributed by atoms with E-state index >= 15 is 0 Å². The summed E-state index contributed by atoms with van der Waals surface area (Å²) in [6.07, 6.45) is 0.704. The molecule has 0 aliphatic rings. The zero-order valence-corrected chi connectivity index (χ0v) is 18.7. The molecule has 0 atom stereocenters. The molecule has 5 nitrogen and oxygen atoms in total. The summed E-state index contributed by atoms with van der Waals surface area (Å²) in [5.41, 5.74) is 5.54. The van der Waals surface area contributed by atoms with Gasteiger partial charge in [-0.1, -0.05) is 66.7 Å². The number of carboxylic acids is 1. The molecule has 0 fully saturated rings. The highest BCUT2D eigenvalue weighted by Crippen LogP contribution is 2.28. The molecule has 0 amide bonds. The molecular formula is C29H24O5. The molecule has 0 radical (unpaired) electrons. The van der Waals surface area contributed by atoms with Gasteiger partial charge in [0.25, 0.3) is 0 Å². The van der Waals surface area contributed by atoms with Crippen molar-refractivity contribution in [3.8, 4) is 22.6 Å². The number of aromatic carboxylic acids is 1. The van der Waals surface area contributed by atoms with E-state index in [0.29, 0.717) is 35.5 Å². The fourth-order valence-corrected chi connectivity index (χ4v) is 3.77. The Hall–Kier alpha value is -4.38. The smallest absolute Gasteiger partial charge is 0.336 e. The highest BCUT2D eigenvalue weighted by molar-refractivity contribution is 5.89. The van der Waals surface area contributed by atoms with Crippen LogP contribution in [0, 0.1) is 6.92 Å². The Labute approximate surface area is 198 Å². The average molecular weight is 453 g/mol. The van der Waals surface area contributed by atoms with Crippen molar-refractivity contribution in [3.05, 3.63) is 119 Å². The Balaban J connectivity index is 1.51. The Morgan fingerprint density at radius 2 is 1.53 bits per heavy atom. The summed E-state index contributed by atoms with van der Waals surface area (Å²) in [5, 5.41) is 9.37. The van der Waals surface area contributed by atoms with Crippen molar-refractivity contribution in [2.75, 3.05) is 0 Å². The van der Waals surface area contributed by atoms with Crippen LogP contribution in [0.2, 0.25) is 0 Å². The van der Waals surface area contributed by atoms with Gasteiger partial charge in [0.1, 0.15) is 24.7 Å². The molecular weight excluding hydrogens is 428 g/mol. The van der Waals surface area contributed by atoms with Crippen LogP contribution in [0.3, 0.4) is 0 Å². The minimum atomic E-state index is -1.03. The van der Waals surface area contributed by atoms with Crippen molar-refractivity contribution < 1.29 is 24.2 Å². The van der Waals surface area contributed by atoms with Crippen molar-refractivity contribution in [2.24, 2.45) is 0 Å². The molecule has 4 aromatic rings. The minimum absolute atomic E-state index is 0.0188. The molecule has 0 aliphatic carbocycles. The van der Waals surface area contributed by atoms with Gasteiger partial charge in [-0.05, 0) is 47.4 Å². The van der Waals surface area contributed by atoms with Crippen molar-refractivity contribution in [1.29, 1.82) is 0 Å². The van der Waals surface area contributed by atoms with E-state index < -0.39 is 5.97 Å². The van der Waals surface area contributed by atoms with Crippen molar-refractivity contribution in [2.45, 2.75) is 20.1 Å². The van der Waals surface area contributed by atoms with Gasteiger partial charge in [-0.15, -0.1) is 0 Å². The molecule has 0 heterocycles. The number of carbonyl (C=O) groups excluding carboxylic acids is 1. The van der Waals surface area contributed by atoms with Crippen LogP contribution in [-0.4, -0.2) is 17.4 Å². The maximum absolute atomic E-state index is 11.5. The van der Waals surface area contributed by atoms with E-state index in [1.807, 2.05) is 30.3 Å². The minimum Gasteiger partial charge on any atom is -0.489 e. The monoisotopic (exact) mass is 452 g/mol. The van der Waals surface area contributed by atoms with Crippen LogP contribution in [0.1, 0.15) is 37.4 Å². The number of carboxylic acid groups (broad SMARTS) is 1. The Morgan fingerprint density at radius 1 is 0.824 bits per heavy atom. The van der Waals surface area contributed by atoms with Crippen molar-refractivity contribution in [3.63, 3.8) is 0 Å². The molecule has 0 unspecified atom stereocenters. The summed E-state index contributed by atoms with van der Waals surface area (Å²) < 4.78 is 11.9. The van der Waals surface area contributed by atoms with E-state index in [-0.39, 0.29) is 12.2 Å². The van der Waals surface area contributed by atoms with Gasteiger partial charge in [0, 0.05) is 11.6 Å². The molecule has 0 aromatic heterocycles. The van der Waals surface area contributed by atoms with E-state index in [4.69, 9.17) is 9.47 Å². The van der Waals surface area contributed by atoms with Gasteiger partial charge in [0.15, 0.2) is 6.29 Å². The zero-order chi connectivity index (χ0) is 23.9. The summed E-state index contributed by atoms with van der Waals surface area (Å²) in [6, 6.07) is 27.9. The van der Waals surface area contributed by atoms with Crippen LogP contribution in [0.5, 0.6) is 11.5 Å². The largest absolute Gasteiger partial charge is 0.489 e.